The number of rotatable bonds is 5. The average molecular weight is 196 g/mol. The van der Waals surface area contributed by atoms with Crippen LogP contribution >= 0.6 is 0 Å². The van der Waals surface area contributed by atoms with Gasteiger partial charge in [-0.05, 0) is 19.8 Å². The van der Waals surface area contributed by atoms with E-state index < -0.39 is 0 Å². The third kappa shape index (κ3) is 2.33. The maximum Gasteiger partial charge on any atom is 0.140 e. The summed E-state index contributed by atoms with van der Waals surface area (Å²) in [6, 6.07) is 2.12. The van der Waals surface area contributed by atoms with Gasteiger partial charge in [0.25, 0.3) is 0 Å². The molecule has 0 spiro atoms. The molecular weight excluding hydrogens is 180 g/mol. The smallest absolute Gasteiger partial charge is 0.140 e. The van der Waals surface area contributed by atoms with Crippen molar-refractivity contribution in [2.75, 3.05) is 6.61 Å². The van der Waals surface area contributed by atoms with Gasteiger partial charge in [0, 0.05) is 24.6 Å². The van der Waals surface area contributed by atoms with Gasteiger partial charge in [0.05, 0.1) is 12.3 Å². The Morgan fingerprint density at radius 1 is 1.71 bits per heavy atom. The van der Waals surface area contributed by atoms with Crippen LogP contribution in [0.3, 0.4) is 0 Å². The molecule has 78 valence electrons. The molecule has 1 aromatic rings. The van der Waals surface area contributed by atoms with Crippen LogP contribution in [0.2, 0.25) is 0 Å². The topological polar surface area (TPSA) is 58.3 Å². The summed E-state index contributed by atoms with van der Waals surface area (Å²) in [5.41, 5.74) is 0.923. The summed E-state index contributed by atoms with van der Waals surface area (Å²) >= 11 is 0. The first kappa shape index (κ1) is 9.68. The summed E-state index contributed by atoms with van der Waals surface area (Å²) in [6.45, 7) is 2.74. The molecule has 1 saturated carbocycles. The predicted molar refractivity (Wildman–Crippen MR) is 51.9 cm³/mol. The minimum absolute atomic E-state index is 0.107. The number of aliphatic hydroxyl groups excluding tert-OH is 1. The highest BCUT2D eigenvalue weighted by Gasteiger charge is 2.27. The molecule has 1 heterocycles. The predicted octanol–water partition coefficient (Wildman–Crippen LogP) is 1.02. The van der Waals surface area contributed by atoms with Crippen LogP contribution in [-0.2, 0) is 6.54 Å². The number of hydrogen-bond acceptors (Lipinski definition) is 4. The molecule has 1 unspecified atom stereocenters. The van der Waals surface area contributed by atoms with Crippen molar-refractivity contribution in [3.05, 3.63) is 17.5 Å². The molecule has 1 aromatic heterocycles. The zero-order valence-corrected chi connectivity index (χ0v) is 8.36. The molecular formula is C10H16N2O2. The maximum atomic E-state index is 8.81. The van der Waals surface area contributed by atoms with Crippen LogP contribution in [0.15, 0.2) is 10.6 Å². The molecule has 1 aliphatic carbocycles. The largest absolute Gasteiger partial charge is 0.395 e. The highest BCUT2D eigenvalue weighted by atomic mass is 16.5. The van der Waals surface area contributed by atoms with E-state index in [0.29, 0.717) is 12.5 Å². The molecule has 2 N–H and O–H groups in total. The van der Waals surface area contributed by atoms with E-state index in [1.54, 1.807) is 0 Å². The van der Waals surface area contributed by atoms with E-state index in [0.717, 1.165) is 11.5 Å². The lowest BCUT2D eigenvalue weighted by Crippen LogP contribution is -2.28. The highest BCUT2D eigenvalue weighted by molar-refractivity contribution is 5.14. The minimum Gasteiger partial charge on any atom is -0.395 e. The summed E-state index contributed by atoms with van der Waals surface area (Å²) in [5, 5.41) is 15.9. The van der Waals surface area contributed by atoms with Crippen LogP contribution in [0.5, 0.6) is 0 Å². The third-order valence-electron chi connectivity index (χ3n) is 2.46. The molecule has 4 heteroatoms. The molecule has 0 radical (unpaired) electrons. The lowest BCUT2D eigenvalue weighted by molar-refractivity contribution is 0.250. The van der Waals surface area contributed by atoms with Crippen molar-refractivity contribution in [1.82, 2.24) is 10.5 Å². The van der Waals surface area contributed by atoms with Gasteiger partial charge in [0.15, 0.2) is 0 Å². The molecule has 4 nitrogen and oxygen atoms in total. The Balaban J connectivity index is 1.83. The zero-order chi connectivity index (χ0) is 9.97. The van der Waals surface area contributed by atoms with Crippen molar-refractivity contribution in [2.45, 2.75) is 38.3 Å². The first-order valence-corrected chi connectivity index (χ1v) is 5.09. The van der Waals surface area contributed by atoms with Crippen LogP contribution in [0.1, 0.15) is 37.1 Å². The van der Waals surface area contributed by atoms with Gasteiger partial charge >= 0.3 is 0 Å². The molecule has 2 rings (SSSR count). The fourth-order valence-corrected chi connectivity index (χ4v) is 1.32. The summed E-state index contributed by atoms with van der Waals surface area (Å²) in [4.78, 5) is 0. The van der Waals surface area contributed by atoms with Gasteiger partial charge in [0.1, 0.15) is 5.76 Å². The Morgan fingerprint density at radius 2 is 2.50 bits per heavy atom. The maximum absolute atomic E-state index is 8.81. The molecule has 0 amide bonds. The Kier molecular flexibility index (Phi) is 2.84. The van der Waals surface area contributed by atoms with Crippen LogP contribution in [0, 0.1) is 0 Å². The van der Waals surface area contributed by atoms with E-state index in [1.807, 2.05) is 13.0 Å². The van der Waals surface area contributed by atoms with Crippen molar-refractivity contribution >= 4 is 0 Å². The van der Waals surface area contributed by atoms with Crippen LogP contribution in [-0.4, -0.2) is 22.9 Å². The van der Waals surface area contributed by atoms with Gasteiger partial charge < -0.3 is 14.9 Å². The first-order chi connectivity index (χ1) is 6.79. The van der Waals surface area contributed by atoms with E-state index in [9.17, 15) is 0 Å². The van der Waals surface area contributed by atoms with Crippen molar-refractivity contribution < 1.29 is 9.63 Å². The standard InChI is InChI=1S/C10H16N2O2/c1-7(6-13)11-5-9-4-10(14-12-9)8-2-3-8/h4,7-8,11,13H,2-3,5-6H2,1H3. The summed E-state index contributed by atoms with van der Waals surface area (Å²) in [7, 11) is 0. The molecule has 0 saturated heterocycles. The lowest BCUT2D eigenvalue weighted by Gasteiger charge is -2.07. The van der Waals surface area contributed by atoms with E-state index in [1.165, 1.54) is 12.8 Å². The van der Waals surface area contributed by atoms with E-state index in [4.69, 9.17) is 9.63 Å². The van der Waals surface area contributed by atoms with Gasteiger partial charge in [-0.25, -0.2) is 0 Å². The zero-order valence-electron chi connectivity index (χ0n) is 8.36. The normalized spacial score (nSPS) is 18.4. The second-order valence-corrected chi connectivity index (χ2v) is 3.96. The van der Waals surface area contributed by atoms with Gasteiger partial charge in [-0.2, -0.15) is 0 Å². The number of aliphatic hydroxyl groups is 1. The molecule has 0 bridgehead atoms. The lowest BCUT2D eigenvalue weighted by atomic mass is 10.2. The molecule has 14 heavy (non-hydrogen) atoms. The Bertz CT molecular complexity index is 294. The van der Waals surface area contributed by atoms with Gasteiger partial charge in [-0.1, -0.05) is 5.16 Å². The van der Waals surface area contributed by atoms with Crippen molar-refractivity contribution in [3.8, 4) is 0 Å². The van der Waals surface area contributed by atoms with Crippen molar-refractivity contribution in [2.24, 2.45) is 0 Å². The van der Waals surface area contributed by atoms with Crippen molar-refractivity contribution in [1.29, 1.82) is 0 Å². The minimum atomic E-state index is 0.107. The molecule has 1 aliphatic rings. The number of nitrogens with one attached hydrogen (secondary N) is 1. The highest BCUT2D eigenvalue weighted by Crippen LogP contribution is 2.40. The fourth-order valence-electron chi connectivity index (χ4n) is 1.32. The van der Waals surface area contributed by atoms with Crippen LogP contribution < -0.4 is 5.32 Å². The molecule has 1 fully saturated rings. The molecule has 0 aliphatic heterocycles. The van der Waals surface area contributed by atoms with E-state index in [-0.39, 0.29) is 12.6 Å². The summed E-state index contributed by atoms with van der Waals surface area (Å²) in [5.74, 6) is 1.63. The Hall–Kier alpha value is -0.870. The fraction of sp³-hybridized carbons (Fsp3) is 0.700. The van der Waals surface area contributed by atoms with Gasteiger partial charge in [0.2, 0.25) is 0 Å². The Labute approximate surface area is 83.3 Å². The number of hydrogen-bond donors (Lipinski definition) is 2. The number of aromatic nitrogens is 1. The monoisotopic (exact) mass is 196 g/mol. The first-order valence-electron chi connectivity index (χ1n) is 5.09. The number of nitrogens with zero attached hydrogens (tertiary/aromatic N) is 1. The third-order valence-corrected chi connectivity index (χ3v) is 2.46. The van der Waals surface area contributed by atoms with Gasteiger partial charge in [-0.15, -0.1) is 0 Å². The second-order valence-electron chi connectivity index (χ2n) is 3.96. The molecule has 1 atom stereocenters. The van der Waals surface area contributed by atoms with E-state index >= 15 is 0 Å². The molecule has 0 aromatic carbocycles. The van der Waals surface area contributed by atoms with E-state index in [2.05, 4.69) is 10.5 Å². The summed E-state index contributed by atoms with van der Waals surface area (Å²) in [6.07, 6.45) is 2.46. The van der Waals surface area contributed by atoms with Crippen molar-refractivity contribution in [3.63, 3.8) is 0 Å². The SMILES string of the molecule is CC(CO)NCc1cc(C2CC2)on1. The summed E-state index contributed by atoms with van der Waals surface area (Å²) < 4.78 is 5.20. The Morgan fingerprint density at radius 3 is 3.14 bits per heavy atom. The second kappa shape index (κ2) is 4.11. The quantitative estimate of drug-likeness (QED) is 0.738. The van der Waals surface area contributed by atoms with Crippen LogP contribution in [0.4, 0.5) is 0 Å². The van der Waals surface area contributed by atoms with Crippen LogP contribution in [0.25, 0.3) is 0 Å². The average Bonchev–Trinajstić information content (AvgIpc) is 2.95. The van der Waals surface area contributed by atoms with Gasteiger partial charge in [-0.3, -0.25) is 0 Å².